The molecule has 3 rings (SSSR count). The van der Waals surface area contributed by atoms with Crippen LogP contribution >= 0.6 is 0 Å². The average molecular weight is 284 g/mol. The molecule has 0 bridgehead atoms. The molecule has 0 spiro atoms. The molecule has 21 heavy (non-hydrogen) atoms. The van der Waals surface area contributed by atoms with Crippen molar-refractivity contribution in [3.63, 3.8) is 0 Å². The van der Waals surface area contributed by atoms with Gasteiger partial charge in [0.25, 0.3) is 0 Å². The van der Waals surface area contributed by atoms with Crippen molar-refractivity contribution in [1.29, 1.82) is 0 Å². The van der Waals surface area contributed by atoms with Gasteiger partial charge in [-0.3, -0.25) is 4.90 Å². The molecule has 1 saturated heterocycles. The van der Waals surface area contributed by atoms with Gasteiger partial charge in [0.1, 0.15) is 11.6 Å². The zero-order valence-electron chi connectivity index (χ0n) is 13.3. The molecule has 0 amide bonds. The van der Waals surface area contributed by atoms with Crippen LogP contribution in [-0.2, 0) is 13.6 Å². The first kappa shape index (κ1) is 14.3. The molecule has 0 N–H and O–H groups in total. The van der Waals surface area contributed by atoms with E-state index in [-0.39, 0.29) is 0 Å². The number of rotatable bonds is 4. The third kappa shape index (κ3) is 2.60. The second-order valence-corrected chi connectivity index (χ2v) is 6.45. The molecule has 0 radical (unpaired) electrons. The van der Waals surface area contributed by atoms with Crippen LogP contribution in [0.5, 0.6) is 0 Å². The Morgan fingerprint density at radius 3 is 2.48 bits per heavy atom. The predicted octanol–water partition coefficient (Wildman–Crippen LogP) is 3.13. The van der Waals surface area contributed by atoms with E-state index in [0.717, 1.165) is 24.7 Å². The molecule has 1 aromatic heterocycles. The molecule has 112 valence electrons. The summed E-state index contributed by atoms with van der Waals surface area (Å²) < 4.78 is 2.15. The fourth-order valence-corrected chi connectivity index (χ4v) is 3.36. The first-order valence-electron chi connectivity index (χ1n) is 7.75. The Bertz CT molecular complexity index is 603. The van der Waals surface area contributed by atoms with Crippen molar-refractivity contribution in [2.24, 2.45) is 13.0 Å². The second kappa shape index (κ2) is 5.60. The molecule has 0 unspecified atom stereocenters. The van der Waals surface area contributed by atoms with Gasteiger partial charge < -0.3 is 4.57 Å². The first-order chi connectivity index (χ1) is 10.1. The van der Waals surface area contributed by atoms with Crippen LogP contribution < -0.4 is 0 Å². The summed E-state index contributed by atoms with van der Waals surface area (Å²) in [7, 11) is 2.07. The molecular formula is C17H24N4. The lowest BCUT2D eigenvalue weighted by atomic mass is 9.85. The normalized spacial score (nSPS) is 22.5. The Kier molecular flexibility index (Phi) is 3.81. The molecule has 1 fully saturated rings. The third-order valence-electron chi connectivity index (χ3n) is 4.46. The Balaban J connectivity index is 1.77. The van der Waals surface area contributed by atoms with Gasteiger partial charge in [0, 0.05) is 25.6 Å². The zero-order chi connectivity index (χ0) is 15.0. The highest BCUT2D eigenvalue weighted by molar-refractivity contribution is 5.22. The molecule has 2 atom stereocenters. The van der Waals surface area contributed by atoms with E-state index >= 15 is 0 Å². The predicted molar refractivity (Wildman–Crippen MR) is 83.8 cm³/mol. The molecule has 2 heterocycles. The number of likely N-dealkylation sites (tertiary alicyclic amines) is 1. The molecule has 2 aromatic rings. The summed E-state index contributed by atoms with van der Waals surface area (Å²) in [6, 6.07) is 11.3. The van der Waals surface area contributed by atoms with Gasteiger partial charge >= 0.3 is 0 Å². The van der Waals surface area contributed by atoms with Crippen LogP contribution in [0.15, 0.2) is 30.3 Å². The van der Waals surface area contributed by atoms with Crippen molar-refractivity contribution in [2.75, 3.05) is 6.54 Å². The Morgan fingerprint density at radius 1 is 1.19 bits per heavy atom. The molecule has 4 heteroatoms. The lowest BCUT2D eigenvalue weighted by Crippen LogP contribution is -2.48. The molecular weight excluding hydrogens is 260 g/mol. The topological polar surface area (TPSA) is 34.0 Å². The maximum absolute atomic E-state index is 4.38. The highest BCUT2D eigenvalue weighted by Gasteiger charge is 2.37. The molecule has 0 aliphatic carbocycles. The molecule has 1 aliphatic rings. The Labute approximate surface area is 126 Å². The summed E-state index contributed by atoms with van der Waals surface area (Å²) in [5.74, 6) is 3.24. The van der Waals surface area contributed by atoms with Crippen LogP contribution in [0.25, 0.3) is 0 Å². The first-order valence-corrected chi connectivity index (χ1v) is 7.75. The van der Waals surface area contributed by atoms with E-state index in [1.54, 1.807) is 0 Å². The van der Waals surface area contributed by atoms with E-state index in [1.165, 1.54) is 5.56 Å². The second-order valence-electron chi connectivity index (χ2n) is 6.45. The fourth-order valence-electron chi connectivity index (χ4n) is 3.36. The minimum absolute atomic E-state index is 0.413. The lowest BCUT2D eigenvalue weighted by Gasteiger charge is -2.46. The maximum Gasteiger partial charge on any atom is 0.146 e. The summed E-state index contributed by atoms with van der Waals surface area (Å²) in [5, 5.41) is 8.71. The van der Waals surface area contributed by atoms with E-state index in [9.17, 15) is 0 Å². The van der Waals surface area contributed by atoms with Gasteiger partial charge in [0.2, 0.25) is 0 Å². The molecule has 1 aromatic carbocycles. The van der Waals surface area contributed by atoms with Crippen LogP contribution in [0.1, 0.15) is 49.9 Å². The number of hydrogen-bond donors (Lipinski definition) is 0. The maximum atomic E-state index is 4.38. The molecule has 0 saturated carbocycles. The standard InChI is InChI=1S/C17H24N4/c1-12(2)17-19-18-15(20(17)4)11-21-10-13(3)16(21)14-8-6-5-7-9-14/h5-9,12-13,16H,10-11H2,1-4H3/t13-,16-/m0/s1. The van der Waals surface area contributed by atoms with Crippen LogP contribution in [0.4, 0.5) is 0 Å². The summed E-state index contributed by atoms with van der Waals surface area (Å²) >= 11 is 0. The van der Waals surface area contributed by atoms with E-state index < -0.39 is 0 Å². The van der Waals surface area contributed by atoms with Crippen LogP contribution in [0.2, 0.25) is 0 Å². The van der Waals surface area contributed by atoms with Gasteiger partial charge in [0.05, 0.1) is 6.54 Å². The minimum atomic E-state index is 0.413. The van der Waals surface area contributed by atoms with Gasteiger partial charge in [-0.1, -0.05) is 51.1 Å². The van der Waals surface area contributed by atoms with Crippen LogP contribution in [0, 0.1) is 5.92 Å². The van der Waals surface area contributed by atoms with E-state index in [0.29, 0.717) is 17.9 Å². The number of aromatic nitrogens is 3. The van der Waals surface area contributed by atoms with Crippen molar-refractivity contribution < 1.29 is 0 Å². The monoisotopic (exact) mass is 284 g/mol. The van der Waals surface area contributed by atoms with Crippen LogP contribution in [0.3, 0.4) is 0 Å². The van der Waals surface area contributed by atoms with Crippen molar-refractivity contribution in [3.05, 3.63) is 47.5 Å². The number of nitrogens with zero attached hydrogens (tertiary/aromatic N) is 4. The van der Waals surface area contributed by atoms with Crippen molar-refractivity contribution in [2.45, 2.75) is 39.3 Å². The summed E-state index contributed by atoms with van der Waals surface area (Å²) in [5.41, 5.74) is 1.41. The van der Waals surface area contributed by atoms with E-state index in [1.807, 2.05) is 0 Å². The summed E-state index contributed by atoms with van der Waals surface area (Å²) in [6.07, 6.45) is 0. The fraction of sp³-hybridized carbons (Fsp3) is 0.529. The van der Waals surface area contributed by atoms with Crippen molar-refractivity contribution in [1.82, 2.24) is 19.7 Å². The van der Waals surface area contributed by atoms with Crippen molar-refractivity contribution in [3.8, 4) is 0 Å². The van der Waals surface area contributed by atoms with Crippen LogP contribution in [-0.4, -0.2) is 26.2 Å². The minimum Gasteiger partial charge on any atom is -0.317 e. The van der Waals surface area contributed by atoms with Gasteiger partial charge in [0.15, 0.2) is 0 Å². The smallest absolute Gasteiger partial charge is 0.146 e. The Hall–Kier alpha value is -1.68. The summed E-state index contributed by atoms with van der Waals surface area (Å²) in [6.45, 7) is 8.65. The number of hydrogen-bond acceptors (Lipinski definition) is 3. The summed E-state index contributed by atoms with van der Waals surface area (Å²) in [4.78, 5) is 2.49. The Morgan fingerprint density at radius 2 is 1.90 bits per heavy atom. The lowest BCUT2D eigenvalue weighted by molar-refractivity contribution is 0.0132. The van der Waals surface area contributed by atoms with E-state index in [4.69, 9.17) is 0 Å². The van der Waals surface area contributed by atoms with Gasteiger partial charge in [-0.15, -0.1) is 10.2 Å². The quantitative estimate of drug-likeness (QED) is 0.865. The SMILES string of the molecule is CC(C)c1nnc(CN2C[C@H](C)[C@H]2c2ccccc2)n1C. The number of benzene rings is 1. The van der Waals surface area contributed by atoms with Gasteiger partial charge in [-0.05, 0) is 11.5 Å². The van der Waals surface area contributed by atoms with E-state index in [2.05, 4.69) is 77.8 Å². The zero-order valence-corrected chi connectivity index (χ0v) is 13.3. The van der Waals surface area contributed by atoms with Gasteiger partial charge in [-0.2, -0.15) is 0 Å². The van der Waals surface area contributed by atoms with Crippen molar-refractivity contribution >= 4 is 0 Å². The largest absolute Gasteiger partial charge is 0.317 e. The van der Waals surface area contributed by atoms with Gasteiger partial charge in [-0.25, -0.2) is 0 Å². The average Bonchev–Trinajstić information content (AvgIpc) is 2.81. The highest BCUT2D eigenvalue weighted by atomic mass is 15.3. The highest BCUT2D eigenvalue weighted by Crippen LogP contribution is 2.39. The molecule has 1 aliphatic heterocycles. The molecule has 4 nitrogen and oxygen atoms in total. The third-order valence-corrected chi connectivity index (χ3v) is 4.46.